The van der Waals surface area contributed by atoms with Gasteiger partial charge in [0.15, 0.2) is 0 Å². The Morgan fingerprint density at radius 2 is 2.12 bits per heavy atom. The third kappa shape index (κ3) is 1.99. The molecule has 3 heteroatoms. The first-order chi connectivity index (χ1) is 7.72. The number of nitrogens with zero attached hydrogens (tertiary/aromatic N) is 1. The number of benzene rings is 1. The fourth-order valence-corrected chi connectivity index (χ4v) is 1.97. The average Bonchev–Trinajstić information content (AvgIpc) is 2.67. The molecule has 0 bridgehead atoms. The number of aryl methyl sites for hydroxylation is 2. The Morgan fingerprint density at radius 3 is 2.81 bits per heavy atom. The van der Waals surface area contributed by atoms with Crippen LogP contribution in [0.5, 0.6) is 0 Å². The van der Waals surface area contributed by atoms with Crippen LogP contribution in [0.3, 0.4) is 0 Å². The van der Waals surface area contributed by atoms with Crippen LogP contribution in [0.1, 0.15) is 16.8 Å². The number of nitrogens with two attached hydrogens (primary N) is 1. The molecule has 0 atom stereocenters. The normalized spacial score (nSPS) is 10.7. The number of aromatic nitrogens is 2. The van der Waals surface area contributed by atoms with Gasteiger partial charge in [0.25, 0.3) is 0 Å². The Kier molecular flexibility index (Phi) is 3.06. The summed E-state index contributed by atoms with van der Waals surface area (Å²) in [4.78, 5) is 7.54. The molecule has 0 spiro atoms. The SMILES string of the molecule is Cc1ccc(-c2nc[nH]c2CCN)c(C)c1. The zero-order chi connectivity index (χ0) is 11.5. The van der Waals surface area contributed by atoms with Gasteiger partial charge in [-0.25, -0.2) is 4.98 Å². The molecule has 0 aliphatic carbocycles. The highest BCUT2D eigenvalue weighted by Gasteiger charge is 2.09. The fourth-order valence-electron chi connectivity index (χ4n) is 1.97. The van der Waals surface area contributed by atoms with Crippen LogP contribution in [0, 0.1) is 13.8 Å². The van der Waals surface area contributed by atoms with Crippen LogP contribution in [-0.4, -0.2) is 16.5 Å². The first-order valence-electron chi connectivity index (χ1n) is 5.52. The highest BCUT2D eigenvalue weighted by Crippen LogP contribution is 2.24. The van der Waals surface area contributed by atoms with Gasteiger partial charge in [-0.2, -0.15) is 0 Å². The van der Waals surface area contributed by atoms with Crippen LogP contribution < -0.4 is 5.73 Å². The second kappa shape index (κ2) is 4.49. The number of hydrogen-bond acceptors (Lipinski definition) is 2. The molecule has 0 amide bonds. The summed E-state index contributed by atoms with van der Waals surface area (Å²) in [7, 11) is 0. The first-order valence-corrected chi connectivity index (χ1v) is 5.52. The van der Waals surface area contributed by atoms with Gasteiger partial charge in [0.1, 0.15) is 0 Å². The van der Waals surface area contributed by atoms with Crippen molar-refractivity contribution in [1.82, 2.24) is 9.97 Å². The Bertz CT molecular complexity index is 486. The van der Waals surface area contributed by atoms with E-state index in [1.807, 2.05) is 0 Å². The monoisotopic (exact) mass is 215 g/mol. The number of imidazole rings is 1. The van der Waals surface area contributed by atoms with Gasteiger partial charge in [0, 0.05) is 17.7 Å². The third-order valence-electron chi connectivity index (χ3n) is 2.75. The summed E-state index contributed by atoms with van der Waals surface area (Å²) in [5.41, 5.74) is 11.5. The van der Waals surface area contributed by atoms with Gasteiger partial charge < -0.3 is 10.7 Å². The lowest BCUT2D eigenvalue weighted by atomic mass is 10.0. The maximum atomic E-state index is 5.58. The summed E-state index contributed by atoms with van der Waals surface area (Å²) in [6.45, 7) is 4.85. The molecule has 0 saturated carbocycles. The van der Waals surface area contributed by atoms with Gasteiger partial charge in [0.05, 0.1) is 12.0 Å². The minimum Gasteiger partial charge on any atom is -0.348 e. The van der Waals surface area contributed by atoms with E-state index >= 15 is 0 Å². The van der Waals surface area contributed by atoms with Crippen LogP contribution in [0.4, 0.5) is 0 Å². The summed E-state index contributed by atoms with van der Waals surface area (Å²) < 4.78 is 0. The lowest BCUT2D eigenvalue weighted by Gasteiger charge is -2.06. The lowest BCUT2D eigenvalue weighted by molar-refractivity contribution is 0.936. The number of nitrogens with one attached hydrogen (secondary N) is 1. The second-order valence-corrected chi connectivity index (χ2v) is 4.09. The minimum atomic E-state index is 0.639. The maximum absolute atomic E-state index is 5.58. The van der Waals surface area contributed by atoms with Gasteiger partial charge in [-0.05, 0) is 26.0 Å². The zero-order valence-electron chi connectivity index (χ0n) is 9.75. The molecule has 0 radical (unpaired) electrons. The summed E-state index contributed by atoms with van der Waals surface area (Å²) in [5.74, 6) is 0. The Morgan fingerprint density at radius 1 is 1.31 bits per heavy atom. The molecule has 3 N–H and O–H groups in total. The topological polar surface area (TPSA) is 54.7 Å². The summed E-state index contributed by atoms with van der Waals surface area (Å²) in [5, 5.41) is 0. The summed E-state index contributed by atoms with van der Waals surface area (Å²) >= 11 is 0. The molecule has 0 unspecified atom stereocenters. The van der Waals surface area contributed by atoms with E-state index in [2.05, 4.69) is 42.0 Å². The van der Waals surface area contributed by atoms with Crippen molar-refractivity contribution in [2.24, 2.45) is 5.73 Å². The largest absolute Gasteiger partial charge is 0.348 e. The number of aromatic amines is 1. The van der Waals surface area contributed by atoms with Crippen LogP contribution >= 0.6 is 0 Å². The predicted molar refractivity (Wildman–Crippen MR) is 66.3 cm³/mol. The Balaban J connectivity index is 2.46. The summed E-state index contributed by atoms with van der Waals surface area (Å²) in [6, 6.07) is 6.42. The van der Waals surface area contributed by atoms with Crippen molar-refractivity contribution >= 4 is 0 Å². The fraction of sp³-hybridized carbons (Fsp3) is 0.308. The molecule has 0 saturated heterocycles. The van der Waals surface area contributed by atoms with Gasteiger partial charge in [-0.3, -0.25) is 0 Å². The van der Waals surface area contributed by atoms with Gasteiger partial charge in [-0.15, -0.1) is 0 Å². The van der Waals surface area contributed by atoms with Gasteiger partial charge in [-0.1, -0.05) is 23.8 Å². The van der Waals surface area contributed by atoms with Crippen molar-refractivity contribution in [1.29, 1.82) is 0 Å². The van der Waals surface area contributed by atoms with Crippen LogP contribution in [0.25, 0.3) is 11.3 Å². The Labute approximate surface area is 95.7 Å². The average molecular weight is 215 g/mol. The minimum absolute atomic E-state index is 0.639. The number of rotatable bonds is 3. The van der Waals surface area contributed by atoms with Gasteiger partial charge in [0.2, 0.25) is 0 Å². The molecule has 1 aromatic heterocycles. The number of hydrogen-bond donors (Lipinski definition) is 2. The lowest BCUT2D eigenvalue weighted by Crippen LogP contribution is -2.04. The van der Waals surface area contributed by atoms with Crippen molar-refractivity contribution in [2.75, 3.05) is 6.54 Å². The molecular formula is C13H17N3. The maximum Gasteiger partial charge on any atom is 0.0929 e. The molecule has 2 rings (SSSR count). The van der Waals surface area contributed by atoms with Crippen molar-refractivity contribution in [3.63, 3.8) is 0 Å². The van der Waals surface area contributed by atoms with E-state index in [9.17, 15) is 0 Å². The molecule has 0 fully saturated rings. The molecule has 84 valence electrons. The number of H-pyrrole nitrogens is 1. The smallest absolute Gasteiger partial charge is 0.0929 e. The molecule has 1 aromatic carbocycles. The van der Waals surface area contributed by atoms with Crippen molar-refractivity contribution in [3.05, 3.63) is 41.3 Å². The highest BCUT2D eigenvalue weighted by atomic mass is 14.9. The van der Waals surface area contributed by atoms with E-state index in [-0.39, 0.29) is 0 Å². The van der Waals surface area contributed by atoms with Crippen LogP contribution in [0.2, 0.25) is 0 Å². The molecular weight excluding hydrogens is 198 g/mol. The quantitative estimate of drug-likeness (QED) is 0.824. The van der Waals surface area contributed by atoms with Crippen molar-refractivity contribution < 1.29 is 0 Å². The van der Waals surface area contributed by atoms with E-state index < -0.39 is 0 Å². The molecule has 16 heavy (non-hydrogen) atoms. The van der Waals surface area contributed by atoms with Crippen molar-refractivity contribution in [3.8, 4) is 11.3 Å². The van der Waals surface area contributed by atoms with Crippen molar-refractivity contribution in [2.45, 2.75) is 20.3 Å². The molecule has 0 aliphatic heterocycles. The predicted octanol–water partition coefficient (Wildman–Crippen LogP) is 2.19. The molecule has 0 aliphatic rings. The molecule has 1 heterocycles. The molecule has 2 aromatic rings. The van der Waals surface area contributed by atoms with E-state index in [0.717, 1.165) is 17.8 Å². The third-order valence-corrected chi connectivity index (χ3v) is 2.75. The van der Waals surface area contributed by atoms with E-state index in [0.29, 0.717) is 6.54 Å². The standard InChI is InChI=1S/C13H17N3/c1-9-3-4-11(10(2)7-9)13-12(5-6-14)15-8-16-13/h3-4,7-8H,5-6,14H2,1-2H3,(H,15,16). The zero-order valence-corrected chi connectivity index (χ0v) is 9.75. The summed E-state index contributed by atoms with van der Waals surface area (Å²) in [6.07, 6.45) is 2.57. The second-order valence-electron chi connectivity index (χ2n) is 4.09. The van der Waals surface area contributed by atoms with E-state index in [1.54, 1.807) is 6.33 Å². The van der Waals surface area contributed by atoms with Crippen LogP contribution in [0.15, 0.2) is 24.5 Å². The Hall–Kier alpha value is -1.61. The molecule has 3 nitrogen and oxygen atoms in total. The highest BCUT2D eigenvalue weighted by molar-refractivity contribution is 5.66. The first kappa shape index (κ1) is 10.9. The van der Waals surface area contributed by atoms with E-state index in [4.69, 9.17) is 5.73 Å². The van der Waals surface area contributed by atoms with Crippen LogP contribution in [-0.2, 0) is 6.42 Å². The van der Waals surface area contributed by atoms with E-state index in [1.165, 1.54) is 16.7 Å². The van der Waals surface area contributed by atoms with Gasteiger partial charge >= 0.3 is 0 Å².